The Morgan fingerprint density at radius 3 is 2.61 bits per heavy atom. The van der Waals surface area contributed by atoms with Crippen LogP contribution in [0.4, 0.5) is 5.69 Å². The van der Waals surface area contributed by atoms with Crippen LogP contribution in [0.2, 0.25) is 0 Å². The molecule has 2 atom stereocenters. The third-order valence-corrected chi connectivity index (χ3v) is 6.88. The third-order valence-electron chi connectivity index (χ3n) is 6.88. The Hall–Kier alpha value is -2.48. The number of hydrogen-bond donors (Lipinski definition) is 1. The Bertz CT molecular complexity index is 928. The van der Waals surface area contributed by atoms with Crippen molar-refractivity contribution < 1.29 is 14.2 Å². The number of rotatable bonds is 9. The summed E-state index contributed by atoms with van der Waals surface area (Å²) in [6.45, 7) is 5.83. The van der Waals surface area contributed by atoms with E-state index >= 15 is 0 Å². The average molecular weight is 448 g/mol. The lowest BCUT2D eigenvalue weighted by atomic mass is 9.86. The van der Waals surface area contributed by atoms with Crippen LogP contribution in [0.25, 0.3) is 0 Å². The first kappa shape index (κ1) is 23.7. The molecule has 1 heterocycles. The summed E-state index contributed by atoms with van der Waals surface area (Å²) in [7, 11) is 0. The number of fused-ring (bicyclic) bond motifs is 1. The Morgan fingerprint density at radius 1 is 1.06 bits per heavy atom. The molecule has 0 bridgehead atoms. The lowest BCUT2D eigenvalue weighted by Crippen LogP contribution is -2.51. The minimum Gasteiger partial charge on any atom is -0.485 e. The van der Waals surface area contributed by atoms with Gasteiger partial charge in [-0.3, -0.25) is 0 Å². The van der Waals surface area contributed by atoms with Gasteiger partial charge in [0.15, 0.2) is 0 Å². The van der Waals surface area contributed by atoms with E-state index in [9.17, 15) is 0 Å². The van der Waals surface area contributed by atoms with Gasteiger partial charge < -0.3 is 19.5 Å². The molecule has 33 heavy (non-hydrogen) atoms. The van der Waals surface area contributed by atoms with E-state index in [0.717, 1.165) is 42.5 Å². The maximum atomic E-state index is 6.57. The fourth-order valence-electron chi connectivity index (χ4n) is 5.08. The average Bonchev–Trinajstić information content (AvgIpc) is 2.83. The molecule has 4 heteroatoms. The number of terminal acetylenes is 1. The van der Waals surface area contributed by atoms with Crippen LogP contribution >= 0.6 is 0 Å². The highest BCUT2D eigenvalue weighted by atomic mass is 16.6. The highest BCUT2D eigenvalue weighted by molar-refractivity contribution is 5.53. The summed E-state index contributed by atoms with van der Waals surface area (Å²) in [6, 6.07) is 16.7. The molecule has 1 aliphatic heterocycles. The summed E-state index contributed by atoms with van der Waals surface area (Å²) in [6.07, 6.45) is 12.8. The molecule has 0 aromatic heterocycles. The quantitative estimate of drug-likeness (QED) is 0.445. The lowest BCUT2D eigenvalue weighted by Gasteiger charge is -2.44. The zero-order chi connectivity index (χ0) is 23.1. The predicted molar refractivity (Wildman–Crippen MR) is 133 cm³/mol. The number of benzene rings is 2. The van der Waals surface area contributed by atoms with Crippen LogP contribution < -0.4 is 10.1 Å². The molecule has 4 nitrogen and oxygen atoms in total. The summed E-state index contributed by atoms with van der Waals surface area (Å²) in [5.74, 6) is 4.24. The molecule has 2 aromatic carbocycles. The van der Waals surface area contributed by atoms with Crippen molar-refractivity contribution in [3.05, 3.63) is 59.7 Å². The maximum absolute atomic E-state index is 6.57. The standard InChI is InChI=1S/C29H37NO3/c1-4-18-32-28-27(31-19-17-22-11-7-5-8-12-22)25-20-24(15-16-26(25)33-29(28,2)3)30-21-23-13-9-6-10-14-23/h1,6,9-10,13-16,20,22,27-28,30H,5,7-8,11-12,17-19,21H2,2-3H3. The Balaban J connectivity index is 1.52. The zero-order valence-corrected chi connectivity index (χ0v) is 20.0. The van der Waals surface area contributed by atoms with Crippen LogP contribution in [-0.2, 0) is 16.0 Å². The van der Waals surface area contributed by atoms with E-state index in [-0.39, 0.29) is 18.8 Å². The van der Waals surface area contributed by atoms with E-state index in [0.29, 0.717) is 0 Å². The van der Waals surface area contributed by atoms with Crippen molar-refractivity contribution in [2.24, 2.45) is 5.92 Å². The van der Waals surface area contributed by atoms with Crippen molar-refractivity contribution in [1.29, 1.82) is 0 Å². The molecule has 0 saturated heterocycles. The summed E-state index contributed by atoms with van der Waals surface area (Å²) in [4.78, 5) is 0. The van der Waals surface area contributed by atoms with E-state index in [2.05, 4.69) is 61.5 Å². The Labute approximate surface area is 199 Å². The second kappa shape index (κ2) is 11.1. The van der Waals surface area contributed by atoms with Crippen LogP contribution in [0.1, 0.15) is 69.6 Å². The molecule has 0 radical (unpaired) electrons. The SMILES string of the molecule is C#CCOC1C(OCCC2CCCCC2)c2cc(NCc3ccccc3)ccc2OC1(C)C. The highest BCUT2D eigenvalue weighted by Crippen LogP contribution is 2.44. The van der Waals surface area contributed by atoms with E-state index in [1.54, 1.807) is 0 Å². The fourth-order valence-corrected chi connectivity index (χ4v) is 5.08. The smallest absolute Gasteiger partial charge is 0.132 e. The largest absolute Gasteiger partial charge is 0.485 e. The van der Waals surface area contributed by atoms with E-state index in [1.165, 1.54) is 37.7 Å². The van der Waals surface area contributed by atoms with Gasteiger partial charge in [0, 0.05) is 24.4 Å². The number of nitrogens with one attached hydrogen (secondary N) is 1. The van der Waals surface area contributed by atoms with Crippen molar-refractivity contribution in [1.82, 2.24) is 0 Å². The van der Waals surface area contributed by atoms with Gasteiger partial charge >= 0.3 is 0 Å². The summed E-state index contributed by atoms with van der Waals surface area (Å²) >= 11 is 0. The van der Waals surface area contributed by atoms with Crippen LogP contribution in [0.5, 0.6) is 5.75 Å². The van der Waals surface area contributed by atoms with Crippen LogP contribution in [0.15, 0.2) is 48.5 Å². The van der Waals surface area contributed by atoms with Gasteiger partial charge in [-0.1, -0.05) is 68.4 Å². The fraction of sp³-hybridized carbons (Fsp3) is 0.517. The van der Waals surface area contributed by atoms with Crippen molar-refractivity contribution in [2.75, 3.05) is 18.5 Å². The summed E-state index contributed by atoms with van der Waals surface area (Å²) in [5, 5.41) is 3.53. The van der Waals surface area contributed by atoms with Crippen molar-refractivity contribution in [2.45, 2.75) is 76.7 Å². The molecule has 1 saturated carbocycles. The first-order valence-electron chi connectivity index (χ1n) is 12.3. The van der Waals surface area contributed by atoms with Crippen molar-refractivity contribution >= 4 is 5.69 Å². The minimum atomic E-state index is -0.543. The van der Waals surface area contributed by atoms with Crippen LogP contribution in [0, 0.1) is 18.3 Å². The molecule has 1 fully saturated rings. The zero-order valence-electron chi connectivity index (χ0n) is 20.0. The molecule has 0 spiro atoms. The van der Waals surface area contributed by atoms with E-state index in [4.69, 9.17) is 20.6 Å². The monoisotopic (exact) mass is 447 g/mol. The highest BCUT2D eigenvalue weighted by Gasteiger charge is 2.45. The Morgan fingerprint density at radius 2 is 1.85 bits per heavy atom. The molecule has 4 rings (SSSR count). The molecule has 176 valence electrons. The topological polar surface area (TPSA) is 39.7 Å². The lowest BCUT2D eigenvalue weighted by molar-refractivity contribution is -0.157. The molecule has 1 aliphatic carbocycles. The summed E-state index contributed by atoms with van der Waals surface area (Å²) < 4.78 is 19.1. The molecule has 2 unspecified atom stereocenters. The Kier molecular flexibility index (Phi) is 7.96. The number of anilines is 1. The normalized spacial score (nSPS) is 22.1. The second-order valence-electron chi connectivity index (χ2n) is 9.82. The van der Waals surface area contributed by atoms with Gasteiger partial charge in [-0.2, -0.15) is 0 Å². The molecule has 1 N–H and O–H groups in total. The second-order valence-corrected chi connectivity index (χ2v) is 9.82. The van der Waals surface area contributed by atoms with Gasteiger partial charge in [-0.25, -0.2) is 0 Å². The minimum absolute atomic E-state index is 0.223. The van der Waals surface area contributed by atoms with Crippen LogP contribution in [0.3, 0.4) is 0 Å². The molecular weight excluding hydrogens is 410 g/mol. The first-order chi connectivity index (χ1) is 16.1. The molecule has 2 aliphatic rings. The van der Waals surface area contributed by atoms with Gasteiger partial charge in [0.2, 0.25) is 0 Å². The van der Waals surface area contributed by atoms with Crippen LogP contribution in [-0.4, -0.2) is 24.9 Å². The molecule has 2 aromatic rings. The van der Waals surface area contributed by atoms with Gasteiger partial charge in [-0.15, -0.1) is 6.42 Å². The van der Waals surface area contributed by atoms with Gasteiger partial charge in [0.25, 0.3) is 0 Å². The first-order valence-corrected chi connectivity index (χ1v) is 12.3. The van der Waals surface area contributed by atoms with Gasteiger partial charge in [0.1, 0.15) is 30.2 Å². The summed E-state index contributed by atoms with van der Waals surface area (Å²) in [5.41, 5.74) is 2.76. The number of hydrogen-bond acceptors (Lipinski definition) is 4. The van der Waals surface area contributed by atoms with E-state index < -0.39 is 5.60 Å². The van der Waals surface area contributed by atoms with E-state index in [1.807, 2.05) is 12.1 Å². The van der Waals surface area contributed by atoms with Crippen molar-refractivity contribution in [3.63, 3.8) is 0 Å². The predicted octanol–water partition coefficient (Wildman–Crippen LogP) is 6.52. The molecule has 0 amide bonds. The number of ether oxygens (including phenoxy) is 3. The third kappa shape index (κ3) is 6.10. The van der Waals surface area contributed by atoms with Gasteiger partial charge in [-0.05, 0) is 49.9 Å². The van der Waals surface area contributed by atoms with Gasteiger partial charge in [0.05, 0.1) is 0 Å². The molecular formula is C29H37NO3. The van der Waals surface area contributed by atoms with Crippen molar-refractivity contribution in [3.8, 4) is 18.1 Å². The maximum Gasteiger partial charge on any atom is 0.132 e.